The third-order valence-corrected chi connectivity index (χ3v) is 6.70. The maximum Gasteiger partial charge on any atom is 0.266 e. The van der Waals surface area contributed by atoms with Crippen LogP contribution < -0.4 is 4.74 Å². The summed E-state index contributed by atoms with van der Waals surface area (Å²) >= 11 is 10.2. The molecule has 29 heavy (non-hydrogen) atoms. The molecule has 4 nitrogen and oxygen atoms in total. The summed E-state index contributed by atoms with van der Waals surface area (Å²) in [6, 6.07) is 15.7. The van der Waals surface area contributed by atoms with E-state index >= 15 is 0 Å². The van der Waals surface area contributed by atoms with Crippen LogP contribution in [0.1, 0.15) is 24.0 Å². The molecule has 2 heterocycles. The van der Waals surface area contributed by atoms with Crippen molar-refractivity contribution in [2.45, 2.75) is 25.6 Å². The molecule has 0 bridgehead atoms. The van der Waals surface area contributed by atoms with Crippen molar-refractivity contribution in [3.63, 3.8) is 0 Å². The van der Waals surface area contributed by atoms with Crippen LogP contribution in [-0.2, 0) is 16.1 Å². The number of benzene rings is 2. The molecule has 150 valence electrons. The van der Waals surface area contributed by atoms with Crippen LogP contribution >= 0.6 is 39.9 Å². The van der Waals surface area contributed by atoms with Gasteiger partial charge in [-0.05, 0) is 42.7 Å². The van der Waals surface area contributed by atoms with Crippen LogP contribution in [0.2, 0.25) is 0 Å². The molecular formula is C22H20BrNO3S2. The first-order valence-corrected chi connectivity index (χ1v) is 11.4. The first-order chi connectivity index (χ1) is 14.1. The average Bonchev–Trinajstić information content (AvgIpc) is 3.33. The molecule has 1 amide bonds. The van der Waals surface area contributed by atoms with Crippen LogP contribution in [0, 0.1) is 0 Å². The molecule has 2 saturated heterocycles. The van der Waals surface area contributed by atoms with Gasteiger partial charge in [-0.15, -0.1) is 0 Å². The summed E-state index contributed by atoms with van der Waals surface area (Å²) in [6.45, 7) is 1.75. The topological polar surface area (TPSA) is 38.8 Å². The highest BCUT2D eigenvalue weighted by Crippen LogP contribution is 2.35. The lowest BCUT2D eigenvalue weighted by Crippen LogP contribution is -2.35. The lowest BCUT2D eigenvalue weighted by Gasteiger charge is -2.18. The van der Waals surface area contributed by atoms with Crippen LogP contribution in [0.5, 0.6) is 5.75 Å². The fraction of sp³-hybridized carbons (Fsp3) is 0.273. The van der Waals surface area contributed by atoms with Crippen molar-refractivity contribution in [3.05, 3.63) is 69.0 Å². The Balaban J connectivity index is 1.48. The van der Waals surface area contributed by atoms with E-state index in [1.807, 2.05) is 54.6 Å². The quantitative estimate of drug-likeness (QED) is 0.400. The molecule has 0 aliphatic carbocycles. The number of halogens is 1. The molecule has 0 N–H and O–H groups in total. The number of thiocarbonyl (C=S) groups is 1. The minimum atomic E-state index is -0.0572. The van der Waals surface area contributed by atoms with Crippen molar-refractivity contribution >= 4 is 56.2 Å². The molecule has 2 aromatic carbocycles. The summed E-state index contributed by atoms with van der Waals surface area (Å²) in [5.41, 5.74) is 1.94. The minimum absolute atomic E-state index is 0.0572. The Morgan fingerprint density at radius 2 is 2.03 bits per heavy atom. The minimum Gasteiger partial charge on any atom is -0.488 e. The third kappa shape index (κ3) is 5.09. The molecule has 0 unspecified atom stereocenters. The highest BCUT2D eigenvalue weighted by Gasteiger charge is 2.34. The van der Waals surface area contributed by atoms with E-state index in [0.29, 0.717) is 22.4 Å². The summed E-state index contributed by atoms with van der Waals surface area (Å²) in [5.74, 6) is 0.679. The summed E-state index contributed by atoms with van der Waals surface area (Å²) in [6.07, 6.45) is 3.96. The molecule has 0 radical (unpaired) electrons. The molecule has 2 fully saturated rings. The highest BCUT2D eigenvalue weighted by atomic mass is 79.9. The number of hydrogen-bond acceptors (Lipinski definition) is 5. The highest BCUT2D eigenvalue weighted by molar-refractivity contribution is 9.10. The maximum absolute atomic E-state index is 12.9. The van der Waals surface area contributed by atoms with Gasteiger partial charge in [-0.3, -0.25) is 9.69 Å². The van der Waals surface area contributed by atoms with Gasteiger partial charge >= 0.3 is 0 Å². The SMILES string of the molecule is O=C1/C(=C/c2ccccc2OCc2ccc(Br)cc2)SC(=S)N1C[C@H]1CCCO1. The van der Waals surface area contributed by atoms with Gasteiger partial charge in [0.1, 0.15) is 16.7 Å². The number of carbonyl (C=O) groups is 1. The normalized spacial score (nSPS) is 20.7. The molecule has 2 aliphatic rings. The van der Waals surface area contributed by atoms with Gasteiger partial charge in [0.2, 0.25) is 0 Å². The second-order valence-electron chi connectivity index (χ2n) is 6.88. The number of thioether (sulfide) groups is 1. The Labute approximate surface area is 188 Å². The van der Waals surface area contributed by atoms with Crippen LogP contribution in [0.4, 0.5) is 0 Å². The molecule has 0 spiro atoms. The van der Waals surface area contributed by atoms with E-state index in [-0.39, 0.29) is 12.0 Å². The van der Waals surface area contributed by atoms with Crippen LogP contribution in [0.25, 0.3) is 6.08 Å². The summed E-state index contributed by atoms with van der Waals surface area (Å²) < 4.78 is 13.3. The molecule has 0 aromatic heterocycles. The molecule has 0 saturated carbocycles. The number of amides is 1. The van der Waals surface area contributed by atoms with E-state index in [4.69, 9.17) is 21.7 Å². The number of hydrogen-bond donors (Lipinski definition) is 0. The maximum atomic E-state index is 12.9. The van der Waals surface area contributed by atoms with Crippen molar-refractivity contribution in [2.24, 2.45) is 0 Å². The first-order valence-electron chi connectivity index (χ1n) is 9.43. The van der Waals surface area contributed by atoms with Crippen molar-refractivity contribution in [3.8, 4) is 5.75 Å². The van der Waals surface area contributed by atoms with E-state index in [1.165, 1.54) is 11.8 Å². The number of rotatable bonds is 6. The fourth-order valence-electron chi connectivity index (χ4n) is 3.26. The zero-order valence-electron chi connectivity index (χ0n) is 15.7. The first kappa shape index (κ1) is 20.6. The van der Waals surface area contributed by atoms with Gasteiger partial charge < -0.3 is 9.47 Å². The Bertz CT molecular complexity index is 939. The predicted octanol–water partition coefficient (Wildman–Crippen LogP) is 5.41. The summed E-state index contributed by atoms with van der Waals surface area (Å²) in [4.78, 5) is 15.2. The summed E-state index contributed by atoms with van der Waals surface area (Å²) in [5, 5.41) is 0. The van der Waals surface area contributed by atoms with Gasteiger partial charge in [-0.2, -0.15) is 0 Å². The number of para-hydroxylation sites is 1. The van der Waals surface area contributed by atoms with Crippen LogP contribution in [0.3, 0.4) is 0 Å². The zero-order chi connectivity index (χ0) is 20.2. The Kier molecular flexibility index (Phi) is 6.70. The van der Waals surface area contributed by atoms with E-state index in [1.54, 1.807) is 4.90 Å². The Morgan fingerprint density at radius 3 is 2.79 bits per heavy atom. The van der Waals surface area contributed by atoms with Crippen LogP contribution in [0.15, 0.2) is 57.9 Å². The smallest absolute Gasteiger partial charge is 0.266 e. The van der Waals surface area contributed by atoms with Gasteiger partial charge in [0.25, 0.3) is 5.91 Å². The summed E-state index contributed by atoms with van der Waals surface area (Å²) in [7, 11) is 0. The standard InChI is InChI=1S/C22H20BrNO3S2/c23-17-9-7-15(8-10-17)14-27-19-6-2-1-4-16(19)12-20-21(25)24(22(28)29-20)13-18-5-3-11-26-18/h1-2,4,6-10,12,18H,3,5,11,13-14H2/b20-12-/t18-/m1/s1. The van der Waals surface area contributed by atoms with Gasteiger partial charge in [0.15, 0.2) is 0 Å². The van der Waals surface area contributed by atoms with E-state index in [0.717, 1.165) is 40.8 Å². The van der Waals surface area contributed by atoms with Crippen molar-refractivity contribution < 1.29 is 14.3 Å². The lowest BCUT2D eigenvalue weighted by molar-refractivity contribution is -0.123. The monoisotopic (exact) mass is 489 g/mol. The van der Waals surface area contributed by atoms with Crippen LogP contribution in [-0.4, -0.2) is 34.4 Å². The molecule has 1 atom stereocenters. The fourth-order valence-corrected chi connectivity index (χ4v) is 4.79. The van der Waals surface area contributed by atoms with E-state index in [9.17, 15) is 4.79 Å². The van der Waals surface area contributed by atoms with Gasteiger partial charge in [0, 0.05) is 16.6 Å². The lowest BCUT2D eigenvalue weighted by atomic mass is 10.1. The second kappa shape index (κ2) is 9.43. The Hall–Kier alpha value is -1.67. The predicted molar refractivity (Wildman–Crippen MR) is 124 cm³/mol. The number of nitrogens with zero attached hydrogens (tertiary/aromatic N) is 1. The third-order valence-electron chi connectivity index (χ3n) is 4.80. The van der Waals surface area contributed by atoms with E-state index in [2.05, 4.69) is 15.9 Å². The number of carbonyl (C=O) groups excluding carboxylic acids is 1. The average molecular weight is 490 g/mol. The van der Waals surface area contributed by atoms with Crippen molar-refractivity contribution in [2.75, 3.05) is 13.2 Å². The molecule has 2 aromatic rings. The molecule has 2 aliphatic heterocycles. The second-order valence-corrected chi connectivity index (χ2v) is 9.47. The largest absolute Gasteiger partial charge is 0.488 e. The number of ether oxygens (including phenoxy) is 2. The van der Waals surface area contributed by atoms with E-state index < -0.39 is 0 Å². The van der Waals surface area contributed by atoms with Gasteiger partial charge in [-0.25, -0.2) is 0 Å². The van der Waals surface area contributed by atoms with Crippen molar-refractivity contribution in [1.82, 2.24) is 4.90 Å². The van der Waals surface area contributed by atoms with Gasteiger partial charge in [-0.1, -0.05) is 70.2 Å². The Morgan fingerprint density at radius 1 is 1.24 bits per heavy atom. The van der Waals surface area contributed by atoms with Crippen molar-refractivity contribution in [1.29, 1.82) is 0 Å². The van der Waals surface area contributed by atoms with Gasteiger partial charge in [0.05, 0.1) is 17.6 Å². The molecule has 4 rings (SSSR count). The molecular weight excluding hydrogens is 470 g/mol. The molecule has 7 heteroatoms. The zero-order valence-corrected chi connectivity index (χ0v) is 18.9.